The van der Waals surface area contributed by atoms with Gasteiger partial charge < -0.3 is 0 Å². The molecule has 0 aliphatic heterocycles. The molecule has 0 atom stereocenters. The molecule has 0 radical (unpaired) electrons. The SMILES string of the molecule is CC(C)n1nccc1-c1ncccc1CCl. The van der Waals surface area contributed by atoms with Crippen LogP contribution < -0.4 is 0 Å². The normalized spacial score (nSPS) is 11.0. The van der Waals surface area contributed by atoms with Gasteiger partial charge in [-0.05, 0) is 31.5 Å². The predicted molar refractivity (Wildman–Crippen MR) is 65.4 cm³/mol. The monoisotopic (exact) mass is 235 g/mol. The molecule has 84 valence electrons. The molecule has 4 heteroatoms. The summed E-state index contributed by atoms with van der Waals surface area (Å²) in [7, 11) is 0. The minimum absolute atomic E-state index is 0.315. The summed E-state index contributed by atoms with van der Waals surface area (Å²) in [4.78, 5) is 4.39. The molecule has 0 unspecified atom stereocenters. The van der Waals surface area contributed by atoms with Gasteiger partial charge in [0.1, 0.15) is 0 Å². The van der Waals surface area contributed by atoms with E-state index >= 15 is 0 Å². The van der Waals surface area contributed by atoms with Crippen LogP contribution >= 0.6 is 11.6 Å². The molecular weight excluding hydrogens is 222 g/mol. The van der Waals surface area contributed by atoms with E-state index in [2.05, 4.69) is 23.9 Å². The number of pyridine rings is 1. The second-order valence-electron chi connectivity index (χ2n) is 3.90. The van der Waals surface area contributed by atoms with Crippen molar-refractivity contribution in [1.29, 1.82) is 0 Å². The third-order valence-corrected chi connectivity index (χ3v) is 2.73. The topological polar surface area (TPSA) is 30.7 Å². The number of hydrogen-bond acceptors (Lipinski definition) is 2. The summed E-state index contributed by atoms with van der Waals surface area (Å²) in [6.45, 7) is 4.19. The quantitative estimate of drug-likeness (QED) is 0.765. The van der Waals surface area contributed by atoms with Gasteiger partial charge in [-0.25, -0.2) is 0 Å². The van der Waals surface area contributed by atoms with E-state index in [1.165, 1.54) is 0 Å². The van der Waals surface area contributed by atoms with Gasteiger partial charge in [-0.2, -0.15) is 5.10 Å². The molecule has 0 bridgehead atoms. The van der Waals surface area contributed by atoms with Gasteiger partial charge in [0.2, 0.25) is 0 Å². The highest BCUT2D eigenvalue weighted by Gasteiger charge is 2.12. The van der Waals surface area contributed by atoms with E-state index in [-0.39, 0.29) is 0 Å². The first-order valence-electron chi connectivity index (χ1n) is 5.27. The lowest BCUT2D eigenvalue weighted by molar-refractivity contribution is 0.537. The van der Waals surface area contributed by atoms with Gasteiger partial charge >= 0.3 is 0 Å². The Hall–Kier alpha value is -1.35. The van der Waals surface area contributed by atoms with E-state index < -0.39 is 0 Å². The molecule has 0 fully saturated rings. The molecule has 16 heavy (non-hydrogen) atoms. The number of nitrogens with zero attached hydrogens (tertiary/aromatic N) is 3. The first-order valence-corrected chi connectivity index (χ1v) is 5.81. The Morgan fingerprint density at radius 3 is 2.81 bits per heavy atom. The van der Waals surface area contributed by atoms with Crippen molar-refractivity contribution < 1.29 is 0 Å². The molecule has 2 rings (SSSR count). The van der Waals surface area contributed by atoms with E-state index in [1.807, 2.05) is 22.9 Å². The minimum atomic E-state index is 0.315. The molecule has 2 heterocycles. The molecule has 0 amide bonds. The second kappa shape index (κ2) is 4.66. The van der Waals surface area contributed by atoms with E-state index in [1.54, 1.807) is 12.4 Å². The lowest BCUT2D eigenvalue weighted by Gasteiger charge is -2.12. The molecule has 0 saturated heterocycles. The Kier molecular flexibility index (Phi) is 3.25. The maximum atomic E-state index is 5.91. The lowest BCUT2D eigenvalue weighted by atomic mass is 10.1. The van der Waals surface area contributed by atoms with Crippen LogP contribution in [0.5, 0.6) is 0 Å². The zero-order valence-corrected chi connectivity index (χ0v) is 10.1. The average molecular weight is 236 g/mol. The standard InChI is InChI=1S/C12H14ClN3/c1-9(2)16-11(5-7-15-16)12-10(8-13)4-3-6-14-12/h3-7,9H,8H2,1-2H3. The summed E-state index contributed by atoms with van der Waals surface area (Å²) in [5.41, 5.74) is 2.97. The fourth-order valence-electron chi connectivity index (χ4n) is 1.69. The molecule has 0 aliphatic rings. The summed E-state index contributed by atoms with van der Waals surface area (Å²) in [6.07, 6.45) is 3.57. The van der Waals surface area contributed by atoms with Gasteiger partial charge in [-0.1, -0.05) is 6.07 Å². The van der Waals surface area contributed by atoms with E-state index in [0.717, 1.165) is 17.0 Å². The van der Waals surface area contributed by atoms with Crippen molar-refractivity contribution in [3.63, 3.8) is 0 Å². The Bertz CT molecular complexity index is 477. The van der Waals surface area contributed by atoms with Crippen molar-refractivity contribution in [2.45, 2.75) is 25.8 Å². The zero-order chi connectivity index (χ0) is 11.5. The minimum Gasteiger partial charge on any atom is -0.261 e. The van der Waals surface area contributed by atoms with Crippen LogP contribution in [-0.4, -0.2) is 14.8 Å². The summed E-state index contributed by atoms with van der Waals surface area (Å²) >= 11 is 5.91. The average Bonchev–Trinajstić information content (AvgIpc) is 2.77. The van der Waals surface area contributed by atoms with Crippen LogP contribution in [0.1, 0.15) is 25.5 Å². The third-order valence-electron chi connectivity index (χ3n) is 2.44. The van der Waals surface area contributed by atoms with Gasteiger partial charge in [-0.15, -0.1) is 11.6 Å². The summed E-state index contributed by atoms with van der Waals surface area (Å²) < 4.78 is 1.96. The molecule has 2 aromatic heterocycles. The molecule has 0 aliphatic carbocycles. The van der Waals surface area contributed by atoms with Crippen LogP contribution in [0.25, 0.3) is 11.4 Å². The van der Waals surface area contributed by atoms with Crippen molar-refractivity contribution >= 4 is 11.6 Å². The number of rotatable bonds is 3. The van der Waals surface area contributed by atoms with E-state index in [0.29, 0.717) is 11.9 Å². The molecule has 2 aromatic rings. The molecular formula is C12H14ClN3. The van der Waals surface area contributed by atoms with Gasteiger partial charge in [0.05, 0.1) is 11.4 Å². The second-order valence-corrected chi connectivity index (χ2v) is 4.17. The number of hydrogen-bond donors (Lipinski definition) is 0. The number of alkyl halides is 1. The smallest absolute Gasteiger partial charge is 0.0927 e. The molecule has 0 aromatic carbocycles. The van der Waals surface area contributed by atoms with Crippen LogP contribution in [-0.2, 0) is 5.88 Å². The summed E-state index contributed by atoms with van der Waals surface area (Å²) in [5.74, 6) is 0.465. The summed E-state index contributed by atoms with van der Waals surface area (Å²) in [5, 5.41) is 4.30. The Balaban J connectivity index is 2.54. The number of aromatic nitrogens is 3. The third kappa shape index (κ3) is 1.95. The van der Waals surface area contributed by atoms with Crippen molar-refractivity contribution in [2.24, 2.45) is 0 Å². The zero-order valence-electron chi connectivity index (χ0n) is 9.39. The first kappa shape index (κ1) is 11.1. The summed E-state index contributed by atoms with van der Waals surface area (Å²) in [6, 6.07) is 6.18. The maximum absolute atomic E-state index is 5.91. The van der Waals surface area contributed by atoms with Crippen LogP contribution in [0.15, 0.2) is 30.6 Å². The van der Waals surface area contributed by atoms with Crippen LogP contribution in [0, 0.1) is 0 Å². The highest BCUT2D eigenvalue weighted by Crippen LogP contribution is 2.24. The molecule has 0 N–H and O–H groups in total. The van der Waals surface area contributed by atoms with Gasteiger partial charge in [0.25, 0.3) is 0 Å². The number of halogens is 1. The maximum Gasteiger partial charge on any atom is 0.0927 e. The van der Waals surface area contributed by atoms with Crippen molar-refractivity contribution in [3.05, 3.63) is 36.2 Å². The predicted octanol–water partition coefficient (Wildman–Crippen LogP) is 3.26. The van der Waals surface area contributed by atoms with Crippen LogP contribution in [0.4, 0.5) is 0 Å². The van der Waals surface area contributed by atoms with Gasteiger partial charge in [0.15, 0.2) is 0 Å². The van der Waals surface area contributed by atoms with Gasteiger partial charge in [0, 0.05) is 24.3 Å². The Morgan fingerprint density at radius 2 is 2.12 bits per heavy atom. The van der Waals surface area contributed by atoms with Crippen molar-refractivity contribution in [1.82, 2.24) is 14.8 Å². The Labute approximate surface area is 100 Å². The fraction of sp³-hybridized carbons (Fsp3) is 0.333. The van der Waals surface area contributed by atoms with Gasteiger partial charge in [-0.3, -0.25) is 9.67 Å². The lowest BCUT2D eigenvalue weighted by Crippen LogP contribution is -2.06. The van der Waals surface area contributed by atoms with Crippen LogP contribution in [0.2, 0.25) is 0 Å². The largest absolute Gasteiger partial charge is 0.261 e. The fourth-order valence-corrected chi connectivity index (χ4v) is 1.91. The first-order chi connectivity index (χ1) is 7.74. The van der Waals surface area contributed by atoms with Crippen molar-refractivity contribution in [3.8, 4) is 11.4 Å². The highest BCUT2D eigenvalue weighted by molar-refractivity contribution is 6.17. The Morgan fingerprint density at radius 1 is 1.31 bits per heavy atom. The van der Waals surface area contributed by atoms with Crippen molar-refractivity contribution in [2.75, 3.05) is 0 Å². The van der Waals surface area contributed by atoms with Crippen LogP contribution in [0.3, 0.4) is 0 Å². The molecule has 0 spiro atoms. The molecule has 3 nitrogen and oxygen atoms in total. The van der Waals surface area contributed by atoms with E-state index in [9.17, 15) is 0 Å². The van der Waals surface area contributed by atoms with E-state index in [4.69, 9.17) is 11.6 Å². The molecule has 0 saturated carbocycles. The highest BCUT2D eigenvalue weighted by atomic mass is 35.5.